The first-order valence-electron chi connectivity index (χ1n) is 6.41. The number of piperidine rings is 1. The molecule has 1 N–H and O–H groups in total. The lowest BCUT2D eigenvalue weighted by molar-refractivity contribution is -0.143. The first-order valence-corrected chi connectivity index (χ1v) is 6.41. The average Bonchev–Trinajstić information content (AvgIpc) is 2.40. The average molecular weight is 269 g/mol. The first-order chi connectivity index (χ1) is 9.06. The fourth-order valence-electron chi connectivity index (χ4n) is 2.37. The Morgan fingerprint density at radius 2 is 1.89 bits per heavy atom. The summed E-state index contributed by atoms with van der Waals surface area (Å²) >= 11 is 0. The Labute approximate surface area is 110 Å². The first kappa shape index (κ1) is 13.9. The molecule has 1 aliphatic heterocycles. The summed E-state index contributed by atoms with van der Waals surface area (Å²) in [6, 6.07) is 5.39. The minimum absolute atomic E-state index is 0.234. The maximum absolute atomic E-state index is 14.0. The van der Waals surface area contributed by atoms with Crippen molar-refractivity contribution in [3.63, 3.8) is 0 Å². The second kappa shape index (κ2) is 6.10. The van der Waals surface area contributed by atoms with E-state index in [9.17, 15) is 13.6 Å². The third-order valence-electron chi connectivity index (χ3n) is 3.59. The molecular formula is C14H17F2NO2. The van der Waals surface area contributed by atoms with E-state index in [1.165, 1.54) is 24.3 Å². The van der Waals surface area contributed by atoms with Crippen molar-refractivity contribution in [1.29, 1.82) is 0 Å². The van der Waals surface area contributed by atoms with Crippen LogP contribution in [0.15, 0.2) is 24.3 Å². The maximum Gasteiger partial charge on any atom is 0.306 e. The minimum Gasteiger partial charge on any atom is -0.481 e. The van der Waals surface area contributed by atoms with Crippen LogP contribution in [0.2, 0.25) is 0 Å². The second-order valence-corrected chi connectivity index (χ2v) is 4.93. The van der Waals surface area contributed by atoms with Crippen molar-refractivity contribution in [2.75, 3.05) is 19.6 Å². The van der Waals surface area contributed by atoms with E-state index in [0.29, 0.717) is 31.5 Å². The zero-order chi connectivity index (χ0) is 13.8. The van der Waals surface area contributed by atoms with Gasteiger partial charge in [0.2, 0.25) is 0 Å². The highest BCUT2D eigenvalue weighted by Crippen LogP contribution is 2.23. The van der Waals surface area contributed by atoms with Crippen LogP contribution in [0, 0.1) is 11.7 Å². The SMILES string of the molecule is O=C(O)C1CCN(CC(F)c2ccc(F)cc2)CC1. The molecule has 104 valence electrons. The van der Waals surface area contributed by atoms with E-state index >= 15 is 0 Å². The summed E-state index contributed by atoms with van der Waals surface area (Å²) in [6.07, 6.45) is -0.0429. The molecule has 0 bridgehead atoms. The highest BCUT2D eigenvalue weighted by molar-refractivity contribution is 5.70. The monoisotopic (exact) mass is 269 g/mol. The maximum atomic E-state index is 14.0. The van der Waals surface area contributed by atoms with Crippen molar-refractivity contribution in [2.24, 2.45) is 5.92 Å². The predicted octanol–water partition coefficient (Wildman–Crippen LogP) is 2.63. The van der Waals surface area contributed by atoms with Crippen LogP contribution in [-0.4, -0.2) is 35.6 Å². The summed E-state index contributed by atoms with van der Waals surface area (Å²) in [5.74, 6) is -1.45. The number of likely N-dealkylation sites (tertiary alicyclic amines) is 1. The molecule has 0 radical (unpaired) electrons. The molecule has 0 spiro atoms. The lowest BCUT2D eigenvalue weighted by Crippen LogP contribution is -2.38. The van der Waals surface area contributed by atoms with Gasteiger partial charge in [-0.05, 0) is 43.6 Å². The molecule has 1 atom stereocenters. The Morgan fingerprint density at radius 1 is 1.32 bits per heavy atom. The summed E-state index contributed by atoms with van der Waals surface area (Å²) in [5, 5.41) is 8.88. The molecule has 5 heteroatoms. The Bertz CT molecular complexity index is 428. The number of carboxylic acid groups (broad SMARTS) is 1. The Morgan fingerprint density at radius 3 is 2.42 bits per heavy atom. The van der Waals surface area contributed by atoms with Gasteiger partial charge in [-0.2, -0.15) is 0 Å². The fourth-order valence-corrected chi connectivity index (χ4v) is 2.37. The van der Waals surface area contributed by atoms with Gasteiger partial charge in [-0.15, -0.1) is 0 Å². The van der Waals surface area contributed by atoms with E-state index in [1.807, 2.05) is 4.90 Å². The molecule has 1 aromatic carbocycles. The van der Waals surface area contributed by atoms with E-state index in [-0.39, 0.29) is 18.3 Å². The molecule has 1 heterocycles. The van der Waals surface area contributed by atoms with Gasteiger partial charge in [-0.1, -0.05) is 12.1 Å². The number of hydrogen-bond acceptors (Lipinski definition) is 2. The predicted molar refractivity (Wildman–Crippen MR) is 67.0 cm³/mol. The van der Waals surface area contributed by atoms with Crippen molar-refractivity contribution >= 4 is 5.97 Å². The van der Waals surface area contributed by atoms with E-state index in [1.54, 1.807) is 0 Å². The summed E-state index contributed by atoms with van der Waals surface area (Å²) in [6.45, 7) is 1.43. The van der Waals surface area contributed by atoms with Gasteiger partial charge in [0, 0.05) is 6.54 Å². The van der Waals surface area contributed by atoms with Crippen LogP contribution in [-0.2, 0) is 4.79 Å². The van der Waals surface area contributed by atoms with Crippen LogP contribution in [0.5, 0.6) is 0 Å². The lowest BCUT2D eigenvalue weighted by Gasteiger charge is -2.30. The highest BCUT2D eigenvalue weighted by Gasteiger charge is 2.26. The molecule has 19 heavy (non-hydrogen) atoms. The van der Waals surface area contributed by atoms with E-state index in [0.717, 1.165) is 0 Å². The molecule has 1 fully saturated rings. The van der Waals surface area contributed by atoms with Crippen LogP contribution in [0.4, 0.5) is 8.78 Å². The van der Waals surface area contributed by atoms with Crippen molar-refractivity contribution in [2.45, 2.75) is 19.0 Å². The number of aliphatic carboxylic acids is 1. The van der Waals surface area contributed by atoms with Gasteiger partial charge in [0.15, 0.2) is 0 Å². The van der Waals surface area contributed by atoms with Crippen LogP contribution >= 0.6 is 0 Å². The van der Waals surface area contributed by atoms with Gasteiger partial charge in [0.05, 0.1) is 5.92 Å². The van der Waals surface area contributed by atoms with E-state index in [2.05, 4.69) is 0 Å². The molecule has 1 aliphatic rings. The van der Waals surface area contributed by atoms with Gasteiger partial charge in [-0.3, -0.25) is 4.79 Å². The van der Waals surface area contributed by atoms with Crippen LogP contribution in [0.3, 0.4) is 0 Å². The van der Waals surface area contributed by atoms with Crippen molar-refractivity contribution < 1.29 is 18.7 Å². The zero-order valence-electron chi connectivity index (χ0n) is 10.6. The number of carboxylic acids is 1. The largest absolute Gasteiger partial charge is 0.481 e. The van der Waals surface area contributed by atoms with Crippen LogP contribution < -0.4 is 0 Å². The third kappa shape index (κ3) is 3.73. The van der Waals surface area contributed by atoms with Crippen molar-refractivity contribution in [3.05, 3.63) is 35.6 Å². The number of halogens is 2. The topological polar surface area (TPSA) is 40.5 Å². The molecule has 1 unspecified atom stereocenters. The molecular weight excluding hydrogens is 252 g/mol. The van der Waals surface area contributed by atoms with E-state index in [4.69, 9.17) is 5.11 Å². The van der Waals surface area contributed by atoms with Crippen molar-refractivity contribution in [3.8, 4) is 0 Å². The molecule has 0 aliphatic carbocycles. The number of hydrogen-bond donors (Lipinski definition) is 1. The second-order valence-electron chi connectivity index (χ2n) is 4.93. The van der Waals surface area contributed by atoms with Crippen molar-refractivity contribution in [1.82, 2.24) is 4.90 Å². The molecule has 0 saturated carbocycles. The number of nitrogens with zero attached hydrogens (tertiary/aromatic N) is 1. The smallest absolute Gasteiger partial charge is 0.306 e. The van der Waals surface area contributed by atoms with Gasteiger partial charge in [0.1, 0.15) is 12.0 Å². The summed E-state index contributed by atoms with van der Waals surface area (Å²) < 4.78 is 26.8. The molecule has 2 rings (SSSR count). The van der Waals surface area contributed by atoms with Crippen LogP contribution in [0.25, 0.3) is 0 Å². The van der Waals surface area contributed by atoms with Gasteiger partial charge >= 0.3 is 5.97 Å². The number of rotatable bonds is 4. The molecule has 3 nitrogen and oxygen atoms in total. The summed E-state index contributed by atoms with van der Waals surface area (Å²) in [7, 11) is 0. The fraction of sp³-hybridized carbons (Fsp3) is 0.500. The summed E-state index contributed by atoms with van der Waals surface area (Å²) in [5.41, 5.74) is 0.460. The minimum atomic E-state index is -1.16. The zero-order valence-corrected chi connectivity index (χ0v) is 10.6. The Balaban J connectivity index is 1.85. The standard InChI is InChI=1S/C14H17F2NO2/c15-12-3-1-10(2-4-12)13(16)9-17-7-5-11(6-8-17)14(18)19/h1-4,11,13H,5-9H2,(H,18,19). The highest BCUT2D eigenvalue weighted by atomic mass is 19.1. The molecule has 0 amide bonds. The Kier molecular flexibility index (Phi) is 4.47. The number of benzene rings is 1. The van der Waals surface area contributed by atoms with Crippen LogP contribution in [0.1, 0.15) is 24.6 Å². The lowest BCUT2D eigenvalue weighted by atomic mass is 9.96. The Hall–Kier alpha value is -1.49. The van der Waals surface area contributed by atoms with Gasteiger partial charge in [0.25, 0.3) is 0 Å². The normalized spacial score (nSPS) is 19.3. The van der Waals surface area contributed by atoms with Gasteiger partial charge < -0.3 is 10.0 Å². The molecule has 0 aromatic heterocycles. The molecule has 1 saturated heterocycles. The third-order valence-corrected chi connectivity index (χ3v) is 3.59. The van der Waals surface area contributed by atoms with E-state index < -0.39 is 12.1 Å². The molecule has 1 aromatic rings. The number of carbonyl (C=O) groups is 1. The van der Waals surface area contributed by atoms with Gasteiger partial charge in [-0.25, -0.2) is 8.78 Å². The summed E-state index contributed by atoms with van der Waals surface area (Å²) in [4.78, 5) is 12.7. The number of alkyl halides is 1. The quantitative estimate of drug-likeness (QED) is 0.913.